The van der Waals surface area contributed by atoms with Gasteiger partial charge < -0.3 is 15.8 Å². The molecule has 0 heterocycles. The van der Waals surface area contributed by atoms with Gasteiger partial charge in [-0.3, -0.25) is 0 Å². The van der Waals surface area contributed by atoms with Crippen molar-refractivity contribution >= 4 is 11.4 Å². The van der Waals surface area contributed by atoms with E-state index >= 15 is 0 Å². The van der Waals surface area contributed by atoms with E-state index in [1.54, 1.807) is 19.2 Å². The Kier molecular flexibility index (Phi) is 3.52. The number of anilines is 2. The van der Waals surface area contributed by atoms with Gasteiger partial charge in [0.1, 0.15) is 5.82 Å². The molecule has 0 radical (unpaired) electrons. The van der Waals surface area contributed by atoms with Gasteiger partial charge in [0.2, 0.25) is 0 Å². The van der Waals surface area contributed by atoms with Gasteiger partial charge in [-0.15, -0.1) is 0 Å². The Morgan fingerprint density at radius 2 is 2.24 bits per heavy atom. The van der Waals surface area contributed by atoms with E-state index in [4.69, 9.17) is 10.5 Å². The number of ether oxygens (including phenoxy) is 1. The number of halogens is 1. The molecular weight excluding hydrogens is 219 g/mol. The number of nitrogen functional groups attached to an aromatic ring is 1. The van der Waals surface area contributed by atoms with Gasteiger partial charge in [0.25, 0.3) is 0 Å². The van der Waals surface area contributed by atoms with Crippen LogP contribution in [-0.4, -0.2) is 20.3 Å². The summed E-state index contributed by atoms with van der Waals surface area (Å²) in [6, 6.07) is 4.74. The lowest BCUT2D eigenvalue weighted by Crippen LogP contribution is -2.17. The van der Waals surface area contributed by atoms with Gasteiger partial charge in [-0.05, 0) is 42.9 Å². The van der Waals surface area contributed by atoms with Crippen LogP contribution in [0.15, 0.2) is 18.2 Å². The lowest BCUT2D eigenvalue weighted by atomic mass is 10.0. The molecule has 0 saturated heterocycles. The fourth-order valence-corrected chi connectivity index (χ4v) is 1.97. The van der Waals surface area contributed by atoms with E-state index in [1.165, 1.54) is 18.9 Å². The van der Waals surface area contributed by atoms with E-state index in [0.717, 1.165) is 19.6 Å². The summed E-state index contributed by atoms with van der Waals surface area (Å²) in [4.78, 5) is 0. The molecule has 1 saturated carbocycles. The van der Waals surface area contributed by atoms with Crippen LogP contribution in [-0.2, 0) is 4.74 Å². The maximum absolute atomic E-state index is 13.5. The second kappa shape index (κ2) is 4.92. The standard InChI is InChI=1S/C13H19FN2O/c1-17-7-6-13(4-5-13)9-16-12-3-2-10(15)8-11(12)14/h2-3,8,16H,4-7,9,15H2,1H3. The second-order valence-electron chi connectivity index (χ2n) is 4.84. The first-order valence-electron chi connectivity index (χ1n) is 5.93. The summed E-state index contributed by atoms with van der Waals surface area (Å²) in [5.74, 6) is -0.285. The minimum absolute atomic E-state index is 0.285. The number of methoxy groups -OCH3 is 1. The Morgan fingerprint density at radius 1 is 1.47 bits per heavy atom. The van der Waals surface area contributed by atoms with Crippen LogP contribution in [0, 0.1) is 11.2 Å². The molecular formula is C13H19FN2O. The predicted molar refractivity (Wildman–Crippen MR) is 67.5 cm³/mol. The highest BCUT2D eigenvalue weighted by molar-refractivity contribution is 5.52. The molecule has 0 aromatic heterocycles. The van der Waals surface area contributed by atoms with E-state index in [1.807, 2.05) is 0 Å². The summed E-state index contributed by atoms with van der Waals surface area (Å²) in [6.45, 7) is 1.57. The van der Waals surface area contributed by atoms with Crippen molar-refractivity contribution in [1.29, 1.82) is 0 Å². The number of nitrogens with two attached hydrogens (primary N) is 1. The van der Waals surface area contributed by atoms with Crippen LogP contribution in [0.1, 0.15) is 19.3 Å². The molecule has 3 N–H and O–H groups in total. The van der Waals surface area contributed by atoms with Gasteiger partial charge >= 0.3 is 0 Å². The third kappa shape index (κ3) is 3.09. The highest BCUT2D eigenvalue weighted by Gasteiger charge is 2.41. The second-order valence-corrected chi connectivity index (χ2v) is 4.84. The van der Waals surface area contributed by atoms with Crippen LogP contribution < -0.4 is 11.1 Å². The van der Waals surface area contributed by atoms with E-state index in [2.05, 4.69) is 5.32 Å². The molecule has 2 rings (SSSR count). The van der Waals surface area contributed by atoms with Crippen molar-refractivity contribution in [3.05, 3.63) is 24.0 Å². The van der Waals surface area contributed by atoms with Gasteiger partial charge in [0.15, 0.2) is 0 Å². The van der Waals surface area contributed by atoms with Crippen molar-refractivity contribution in [2.24, 2.45) is 5.41 Å². The summed E-state index contributed by atoms with van der Waals surface area (Å²) in [5, 5.41) is 3.17. The van der Waals surface area contributed by atoms with Crippen LogP contribution in [0.5, 0.6) is 0 Å². The topological polar surface area (TPSA) is 47.3 Å². The molecule has 1 aromatic carbocycles. The summed E-state index contributed by atoms with van der Waals surface area (Å²) in [6.07, 6.45) is 3.42. The van der Waals surface area contributed by atoms with E-state index in [9.17, 15) is 4.39 Å². The summed E-state index contributed by atoms with van der Waals surface area (Å²) < 4.78 is 18.6. The van der Waals surface area contributed by atoms with Gasteiger partial charge in [-0.25, -0.2) is 4.39 Å². The number of nitrogens with one attached hydrogen (secondary N) is 1. The smallest absolute Gasteiger partial charge is 0.148 e. The Morgan fingerprint density at radius 3 is 2.82 bits per heavy atom. The first-order chi connectivity index (χ1) is 8.15. The zero-order chi connectivity index (χ0) is 12.3. The first-order valence-corrected chi connectivity index (χ1v) is 5.93. The zero-order valence-corrected chi connectivity index (χ0v) is 10.1. The maximum Gasteiger partial charge on any atom is 0.148 e. The summed E-state index contributed by atoms with van der Waals surface area (Å²) >= 11 is 0. The maximum atomic E-state index is 13.5. The van der Waals surface area contributed by atoms with Crippen molar-refractivity contribution in [3.8, 4) is 0 Å². The molecule has 17 heavy (non-hydrogen) atoms. The van der Waals surface area contributed by atoms with E-state index in [-0.39, 0.29) is 5.82 Å². The predicted octanol–water partition coefficient (Wildman–Crippen LogP) is 2.64. The number of hydrogen-bond acceptors (Lipinski definition) is 3. The average Bonchev–Trinajstić information content (AvgIpc) is 3.06. The van der Waals surface area contributed by atoms with Crippen molar-refractivity contribution in [2.75, 3.05) is 31.3 Å². The van der Waals surface area contributed by atoms with Crippen LogP contribution in [0.4, 0.5) is 15.8 Å². The molecule has 0 bridgehead atoms. The quantitative estimate of drug-likeness (QED) is 0.749. The van der Waals surface area contributed by atoms with Gasteiger partial charge in [0.05, 0.1) is 5.69 Å². The minimum Gasteiger partial charge on any atom is -0.399 e. The fraction of sp³-hybridized carbons (Fsp3) is 0.538. The molecule has 0 amide bonds. The molecule has 3 nitrogen and oxygen atoms in total. The fourth-order valence-electron chi connectivity index (χ4n) is 1.97. The monoisotopic (exact) mass is 238 g/mol. The van der Waals surface area contributed by atoms with Crippen LogP contribution >= 0.6 is 0 Å². The zero-order valence-electron chi connectivity index (χ0n) is 10.1. The SMILES string of the molecule is COCCC1(CNc2ccc(N)cc2F)CC1. The molecule has 0 unspecified atom stereocenters. The Hall–Kier alpha value is -1.29. The molecule has 1 aromatic rings. The van der Waals surface area contributed by atoms with E-state index < -0.39 is 0 Å². The largest absolute Gasteiger partial charge is 0.399 e. The van der Waals surface area contributed by atoms with Gasteiger partial charge in [-0.1, -0.05) is 0 Å². The van der Waals surface area contributed by atoms with Gasteiger partial charge in [-0.2, -0.15) is 0 Å². The molecule has 4 heteroatoms. The molecule has 1 aliphatic rings. The molecule has 1 fully saturated rings. The van der Waals surface area contributed by atoms with Crippen molar-refractivity contribution < 1.29 is 9.13 Å². The molecule has 0 spiro atoms. The highest BCUT2D eigenvalue weighted by Crippen LogP contribution is 2.48. The van der Waals surface area contributed by atoms with Crippen LogP contribution in [0.25, 0.3) is 0 Å². The van der Waals surface area contributed by atoms with Crippen LogP contribution in [0.3, 0.4) is 0 Å². The number of rotatable bonds is 6. The molecule has 1 aliphatic carbocycles. The van der Waals surface area contributed by atoms with Crippen LogP contribution in [0.2, 0.25) is 0 Å². The lowest BCUT2D eigenvalue weighted by molar-refractivity contribution is 0.175. The van der Waals surface area contributed by atoms with Crippen molar-refractivity contribution in [1.82, 2.24) is 0 Å². The number of hydrogen-bond donors (Lipinski definition) is 2. The Bertz CT molecular complexity index is 391. The number of benzene rings is 1. The Balaban J connectivity index is 1.89. The third-order valence-corrected chi connectivity index (χ3v) is 3.44. The lowest BCUT2D eigenvalue weighted by Gasteiger charge is -2.16. The summed E-state index contributed by atoms with van der Waals surface area (Å²) in [7, 11) is 1.71. The highest BCUT2D eigenvalue weighted by atomic mass is 19.1. The summed E-state index contributed by atoms with van der Waals surface area (Å²) in [5.41, 5.74) is 6.80. The molecule has 0 aliphatic heterocycles. The van der Waals surface area contributed by atoms with Gasteiger partial charge in [0, 0.05) is 25.9 Å². The van der Waals surface area contributed by atoms with E-state index in [0.29, 0.717) is 16.8 Å². The Labute approximate surface area is 101 Å². The third-order valence-electron chi connectivity index (χ3n) is 3.44. The molecule has 0 atom stereocenters. The normalized spacial score (nSPS) is 16.8. The first kappa shape index (κ1) is 12.2. The molecule has 94 valence electrons. The van der Waals surface area contributed by atoms with Crippen molar-refractivity contribution in [3.63, 3.8) is 0 Å². The average molecular weight is 238 g/mol. The van der Waals surface area contributed by atoms with Crippen molar-refractivity contribution in [2.45, 2.75) is 19.3 Å². The minimum atomic E-state index is -0.285.